The maximum absolute atomic E-state index is 12.4. The summed E-state index contributed by atoms with van der Waals surface area (Å²) in [5, 5.41) is 13.4. The fourth-order valence-corrected chi connectivity index (χ4v) is 3.44. The van der Waals surface area contributed by atoms with Crippen molar-refractivity contribution in [3.05, 3.63) is 46.3 Å². The number of halogens is 1. The minimum absolute atomic E-state index is 0.152. The molecule has 0 bridgehead atoms. The van der Waals surface area contributed by atoms with Crippen molar-refractivity contribution in [2.24, 2.45) is 0 Å². The maximum Gasteiger partial charge on any atom is 0.277 e. The molecule has 0 radical (unpaired) electrons. The number of anilines is 1. The van der Waals surface area contributed by atoms with Crippen LogP contribution in [0.4, 0.5) is 5.69 Å². The van der Waals surface area contributed by atoms with Crippen molar-refractivity contribution < 1.29 is 9.21 Å². The number of amides is 1. The minimum Gasteiger partial charge on any atom is -0.410 e. The standard InChI is InChI=1S/C16H14ClN3O2S2/c1-9-11(17)5-3-6-12(9)18-14(21)10(2)24-16-20-19-15(22-16)13-7-4-8-23-13/h3-8,10H,1-2H3,(H,18,21)/t10-/m0/s1. The Balaban J connectivity index is 1.65. The topological polar surface area (TPSA) is 68.0 Å². The summed E-state index contributed by atoms with van der Waals surface area (Å²) in [6, 6.07) is 9.23. The zero-order valence-electron chi connectivity index (χ0n) is 12.9. The predicted octanol–water partition coefficient (Wildman–Crippen LogP) is 4.88. The summed E-state index contributed by atoms with van der Waals surface area (Å²) in [7, 11) is 0. The van der Waals surface area contributed by atoms with Crippen LogP contribution in [-0.2, 0) is 4.79 Å². The first-order valence-electron chi connectivity index (χ1n) is 7.14. The van der Waals surface area contributed by atoms with Crippen LogP contribution < -0.4 is 5.32 Å². The third-order valence-corrected chi connectivity index (χ3v) is 5.51. The quantitative estimate of drug-likeness (QED) is 0.640. The Morgan fingerprint density at radius 3 is 2.92 bits per heavy atom. The largest absolute Gasteiger partial charge is 0.410 e. The lowest BCUT2D eigenvalue weighted by molar-refractivity contribution is -0.115. The van der Waals surface area contributed by atoms with E-state index in [0.29, 0.717) is 21.8 Å². The van der Waals surface area contributed by atoms with Crippen LogP contribution in [0.15, 0.2) is 45.4 Å². The lowest BCUT2D eigenvalue weighted by Crippen LogP contribution is -2.22. The number of carbonyl (C=O) groups is 1. The summed E-state index contributed by atoms with van der Waals surface area (Å²) < 4.78 is 5.59. The third kappa shape index (κ3) is 3.80. The Morgan fingerprint density at radius 2 is 2.17 bits per heavy atom. The molecule has 0 aliphatic carbocycles. The van der Waals surface area contributed by atoms with Crippen LogP contribution in [0.2, 0.25) is 5.02 Å². The second-order valence-corrected chi connectivity index (χ2v) is 7.66. The van der Waals surface area contributed by atoms with Crippen molar-refractivity contribution >= 4 is 46.3 Å². The molecule has 5 nitrogen and oxygen atoms in total. The molecule has 1 aromatic carbocycles. The summed E-state index contributed by atoms with van der Waals surface area (Å²) >= 11 is 8.81. The number of nitrogens with one attached hydrogen (secondary N) is 1. The van der Waals surface area contributed by atoms with Crippen molar-refractivity contribution in [3.8, 4) is 10.8 Å². The number of rotatable bonds is 5. The highest BCUT2D eigenvalue weighted by atomic mass is 35.5. The predicted molar refractivity (Wildman–Crippen MR) is 97.7 cm³/mol. The number of thiophene rings is 1. The Kier molecular flexibility index (Phi) is 5.23. The number of thioether (sulfide) groups is 1. The van der Waals surface area contributed by atoms with Gasteiger partial charge in [0.15, 0.2) is 0 Å². The summed E-state index contributed by atoms with van der Waals surface area (Å²) in [5.41, 5.74) is 1.53. The molecule has 124 valence electrons. The van der Waals surface area contributed by atoms with E-state index < -0.39 is 0 Å². The molecule has 1 atom stereocenters. The molecule has 2 heterocycles. The minimum atomic E-state index is -0.389. The van der Waals surface area contributed by atoms with Gasteiger partial charge < -0.3 is 9.73 Å². The number of benzene rings is 1. The lowest BCUT2D eigenvalue weighted by atomic mass is 10.2. The van der Waals surface area contributed by atoms with Crippen molar-refractivity contribution in [1.82, 2.24) is 10.2 Å². The summed E-state index contributed by atoms with van der Waals surface area (Å²) in [4.78, 5) is 13.3. The van der Waals surface area contributed by atoms with Gasteiger partial charge in [-0.25, -0.2) is 0 Å². The zero-order valence-corrected chi connectivity index (χ0v) is 15.3. The van der Waals surface area contributed by atoms with E-state index in [9.17, 15) is 4.79 Å². The van der Waals surface area contributed by atoms with E-state index >= 15 is 0 Å². The van der Waals surface area contributed by atoms with Gasteiger partial charge in [0.2, 0.25) is 5.91 Å². The van der Waals surface area contributed by atoms with Gasteiger partial charge in [-0.1, -0.05) is 35.5 Å². The van der Waals surface area contributed by atoms with Crippen molar-refractivity contribution in [2.75, 3.05) is 5.32 Å². The summed E-state index contributed by atoms with van der Waals surface area (Å²) in [6.07, 6.45) is 0. The Labute approximate surface area is 152 Å². The molecule has 8 heteroatoms. The third-order valence-electron chi connectivity index (χ3n) is 3.31. The fraction of sp³-hybridized carbons (Fsp3) is 0.188. The van der Waals surface area contributed by atoms with Gasteiger partial charge in [-0.3, -0.25) is 4.79 Å². The van der Waals surface area contributed by atoms with Crippen LogP contribution in [0, 0.1) is 6.92 Å². The first-order chi connectivity index (χ1) is 11.5. The van der Waals surface area contributed by atoms with E-state index in [1.165, 1.54) is 23.1 Å². The Bertz CT molecular complexity index is 849. The smallest absolute Gasteiger partial charge is 0.277 e. The first kappa shape index (κ1) is 17.0. The Morgan fingerprint density at radius 1 is 1.33 bits per heavy atom. The van der Waals surface area contributed by atoms with Gasteiger partial charge in [0.1, 0.15) is 0 Å². The highest BCUT2D eigenvalue weighted by molar-refractivity contribution is 8.00. The lowest BCUT2D eigenvalue weighted by Gasteiger charge is -2.12. The molecule has 0 fully saturated rings. The molecule has 24 heavy (non-hydrogen) atoms. The molecular weight excluding hydrogens is 366 g/mol. The molecule has 0 aliphatic rings. The molecule has 2 aromatic heterocycles. The number of hydrogen-bond donors (Lipinski definition) is 1. The second-order valence-electron chi connectivity index (χ2n) is 5.01. The molecule has 0 unspecified atom stereocenters. The van der Waals surface area contributed by atoms with Crippen LogP contribution in [0.1, 0.15) is 12.5 Å². The number of aromatic nitrogens is 2. The number of nitrogens with zero attached hydrogens (tertiary/aromatic N) is 2. The summed E-state index contributed by atoms with van der Waals surface area (Å²) in [6.45, 7) is 3.65. The number of hydrogen-bond acceptors (Lipinski definition) is 6. The molecule has 0 saturated heterocycles. The molecule has 0 saturated carbocycles. The zero-order chi connectivity index (χ0) is 17.1. The highest BCUT2D eigenvalue weighted by Gasteiger charge is 2.19. The molecule has 0 aliphatic heterocycles. The molecule has 1 amide bonds. The van der Waals surface area contributed by atoms with E-state index in [4.69, 9.17) is 16.0 Å². The summed E-state index contributed by atoms with van der Waals surface area (Å²) in [5.74, 6) is 0.312. The monoisotopic (exact) mass is 379 g/mol. The van der Waals surface area contributed by atoms with Crippen LogP contribution >= 0.6 is 34.7 Å². The van der Waals surface area contributed by atoms with E-state index in [1.807, 2.05) is 30.5 Å². The molecule has 0 spiro atoms. The normalized spacial score (nSPS) is 12.1. The van der Waals surface area contributed by atoms with Gasteiger partial charge in [-0.2, -0.15) is 0 Å². The van der Waals surface area contributed by atoms with Crippen molar-refractivity contribution in [1.29, 1.82) is 0 Å². The Hall–Kier alpha value is -1.83. The maximum atomic E-state index is 12.4. The van der Waals surface area contributed by atoms with Gasteiger partial charge in [0.25, 0.3) is 11.1 Å². The van der Waals surface area contributed by atoms with Crippen LogP contribution in [-0.4, -0.2) is 21.4 Å². The van der Waals surface area contributed by atoms with E-state index in [-0.39, 0.29) is 11.2 Å². The molecular formula is C16H14ClN3O2S2. The SMILES string of the molecule is Cc1c(Cl)cccc1NC(=O)[C@H](C)Sc1nnc(-c2cccs2)o1. The molecule has 3 aromatic rings. The van der Waals surface area contributed by atoms with Gasteiger partial charge in [-0.05, 0) is 43.0 Å². The first-order valence-corrected chi connectivity index (χ1v) is 9.28. The van der Waals surface area contributed by atoms with Gasteiger partial charge >= 0.3 is 0 Å². The average molecular weight is 380 g/mol. The molecule has 3 rings (SSSR count). The van der Waals surface area contributed by atoms with Gasteiger partial charge in [0.05, 0.1) is 10.1 Å². The van der Waals surface area contributed by atoms with Crippen LogP contribution in [0.5, 0.6) is 0 Å². The van der Waals surface area contributed by atoms with E-state index in [1.54, 1.807) is 19.1 Å². The number of carbonyl (C=O) groups excluding carboxylic acids is 1. The average Bonchev–Trinajstić information content (AvgIpc) is 3.22. The fourth-order valence-electron chi connectivity index (χ4n) is 1.94. The second kappa shape index (κ2) is 7.38. The van der Waals surface area contributed by atoms with Crippen molar-refractivity contribution in [2.45, 2.75) is 24.3 Å². The van der Waals surface area contributed by atoms with E-state index in [0.717, 1.165) is 10.4 Å². The van der Waals surface area contributed by atoms with Crippen LogP contribution in [0.3, 0.4) is 0 Å². The van der Waals surface area contributed by atoms with E-state index in [2.05, 4.69) is 15.5 Å². The highest BCUT2D eigenvalue weighted by Crippen LogP contribution is 2.29. The van der Waals surface area contributed by atoms with Crippen molar-refractivity contribution in [3.63, 3.8) is 0 Å². The van der Waals surface area contributed by atoms with Crippen LogP contribution in [0.25, 0.3) is 10.8 Å². The van der Waals surface area contributed by atoms with Gasteiger partial charge in [-0.15, -0.1) is 21.5 Å². The van der Waals surface area contributed by atoms with Gasteiger partial charge in [0, 0.05) is 10.7 Å². The molecule has 1 N–H and O–H groups in total.